The molecule has 2 rings (SSSR count). The van der Waals surface area contributed by atoms with Crippen molar-refractivity contribution in [2.24, 2.45) is 5.73 Å². The predicted molar refractivity (Wildman–Crippen MR) is 43.1 cm³/mol. The van der Waals surface area contributed by atoms with Gasteiger partial charge in [0.1, 0.15) is 0 Å². The molecule has 0 saturated heterocycles. The van der Waals surface area contributed by atoms with E-state index in [0.717, 1.165) is 25.0 Å². The SMILES string of the molecule is NC1(c2cc(F)c(O)c(F)c2)CC1. The fourth-order valence-electron chi connectivity index (χ4n) is 1.28. The van der Waals surface area contributed by atoms with Crippen LogP contribution >= 0.6 is 0 Å². The Bertz CT molecular complexity index is 338. The number of phenols is 1. The van der Waals surface area contributed by atoms with E-state index in [1.807, 2.05) is 0 Å². The van der Waals surface area contributed by atoms with Crippen molar-refractivity contribution in [3.05, 3.63) is 29.3 Å². The van der Waals surface area contributed by atoms with Crippen LogP contribution in [0, 0.1) is 11.6 Å². The quantitative estimate of drug-likeness (QED) is 0.698. The Morgan fingerprint density at radius 1 is 1.23 bits per heavy atom. The largest absolute Gasteiger partial charge is 0.503 e. The fourth-order valence-corrected chi connectivity index (χ4v) is 1.28. The second-order valence-electron chi connectivity index (χ2n) is 3.44. The monoisotopic (exact) mass is 185 g/mol. The molecule has 1 aliphatic carbocycles. The van der Waals surface area contributed by atoms with Crippen LogP contribution < -0.4 is 5.73 Å². The Balaban J connectivity index is 2.50. The number of rotatable bonds is 1. The third-order valence-corrected chi connectivity index (χ3v) is 2.38. The molecule has 70 valence electrons. The number of aromatic hydroxyl groups is 1. The Kier molecular flexibility index (Phi) is 1.57. The third-order valence-electron chi connectivity index (χ3n) is 2.38. The third kappa shape index (κ3) is 1.27. The fraction of sp³-hybridized carbons (Fsp3) is 0.333. The molecule has 1 fully saturated rings. The van der Waals surface area contributed by atoms with Gasteiger partial charge >= 0.3 is 0 Å². The molecular formula is C9H9F2NO. The lowest BCUT2D eigenvalue weighted by Crippen LogP contribution is -2.19. The van der Waals surface area contributed by atoms with Crippen LogP contribution in [0.1, 0.15) is 18.4 Å². The highest BCUT2D eigenvalue weighted by atomic mass is 19.1. The first kappa shape index (κ1) is 8.44. The average molecular weight is 185 g/mol. The maximum absolute atomic E-state index is 12.9. The van der Waals surface area contributed by atoms with Gasteiger partial charge in [0, 0.05) is 5.54 Å². The zero-order valence-corrected chi connectivity index (χ0v) is 6.85. The van der Waals surface area contributed by atoms with Gasteiger partial charge in [-0.3, -0.25) is 0 Å². The predicted octanol–water partition coefficient (Wildman–Crippen LogP) is 1.62. The maximum atomic E-state index is 12.9. The smallest absolute Gasteiger partial charge is 0.187 e. The first-order chi connectivity index (χ1) is 6.03. The molecule has 0 radical (unpaired) electrons. The van der Waals surface area contributed by atoms with Crippen LogP contribution in [0.5, 0.6) is 5.75 Å². The van der Waals surface area contributed by atoms with Crippen LogP contribution in [0.4, 0.5) is 8.78 Å². The molecule has 13 heavy (non-hydrogen) atoms. The van der Waals surface area contributed by atoms with E-state index < -0.39 is 22.9 Å². The molecule has 1 aromatic carbocycles. The highest BCUT2D eigenvalue weighted by molar-refractivity contribution is 5.36. The van der Waals surface area contributed by atoms with Crippen LogP contribution in [0.25, 0.3) is 0 Å². The minimum atomic E-state index is -0.952. The standard InChI is InChI=1S/C9H9F2NO/c10-6-3-5(9(12)1-2-9)4-7(11)8(6)13/h3-4,13H,1-2,12H2. The van der Waals surface area contributed by atoms with Crippen molar-refractivity contribution in [2.45, 2.75) is 18.4 Å². The summed E-state index contributed by atoms with van der Waals surface area (Å²) in [6.07, 6.45) is 1.47. The van der Waals surface area contributed by atoms with Crippen molar-refractivity contribution in [1.29, 1.82) is 0 Å². The molecule has 0 aliphatic heterocycles. The normalized spacial score (nSPS) is 18.7. The number of hydrogen-bond donors (Lipinski definition) is 2. The summed E-state index contributed by atoms with van der Waals surface area (Å²) in [5.41, 5.74) is 5.58. The number of nitrogens with two attached hydrogens (primary N) is 1. The van der Waals surface area contributed by atoms with Crippen LogP contribution in [0.3, 0.4) is 0 Å². The minimum Gasteiger partial charge on any atom is -0.503 e. The second-order valence-corrected chi connectivity index (χ2v) is 3.44. The second kappa shape index (κ2) is 2.42. The van der Waals surface area contributed by atoms with Crippen LogP contribution in [-0.4, -0.2) is 5.11 Å². The summed E-state index contributed by atoms with van der Waals surface area (Å²) >= 11 is 0. The zero-order chi connectivity index (χ0) is 9.64. The minimum absolute atomic E-state index is 0.417. The first-order valence-electron chi connectivity index (χ1n) is 4.00. The number of halogens is 2. The summed E-state index contributed by atoms with van der Waals surface area (Å²) in [7, 11) is 0. The molecular weight excluding hydrogens is 176 g/mol. The van der Waals surface area contributed by atoms with E-state index in [4.69, 9.17) is 10.8 Å². The summed E-state index contributed by atoms with van der Waals surface area (Å²) in [5.74, 6) is -2.84. The summed E-state index contributed by atoms with van der Waals surface area (Å²) in [6.45, 7) is 0. The lowest BCUT2D eigenvalue weighted by molar-refractivity contribution is 0.394. The lowest BCUT2D eigenvalue weighted by atomic mass is 10.1. The number of benzene rings is 1. The van der Waals surface area contributed by atoms with Crippen molar-refractivity contribution in [3.8, 4) is 5.75 Å². The van der Waals surface area contributed by atoms with Crippen LogP contribution in [0.15, 0.2) is 12.1 Å². The van der Waals surface area contributed by atoms with E-state index in [9.17, 15) is 8.78 Å². The van der Waals surface area contributed by atoms with Gasteiger partial charge in [0.2, 0.25) is 0 Å². The van der Waals surface area contributed by atoms with Gasteiger partial charge in [-0.1, -0.05) is 0 Å². The van der Waals surface area contributed by atoms with Crippen molar-refractivity contribution < 1.29 is 13.9 Å². The summed E-state index contributed by atoms with van der Waals surface area (Å²) in [5, 5.41) is 8.83. The van der Waals surface area contributed by atoms with Gasteiger partial charge in [-0.05, 0) is 30.5 Å². The molecule has 1 aliphatic rings. The van der Waals surface area contributed by atoms with Crippen LogP contribution in [0.2, 0.25) is 0 Å². The Morgan fingerprint density at radius 3 is 2.08 bits per heavy atom. The molecule has 4 heteroatoms. The molecule has 0 heterocycles. The Labute approximate surface area is 74.0 Å². The van der Waals surface area contributed by atoms with Gasteiger partial charge < -0.3 is 10.8 Å². The molecule has 0 bridgehead atoms. The van der Waals surface area contributed by atoms with E-state index >= 15 is 0 Å². The number of hydrogen-bond acceptors (Lipinski definition) is 2. The molecule has 0 amide bonds. The topological polar surface area (TPSA) is 46.2 Å². The van der Waals surface area contributed by atoms with Crippen molar-refractivity contribution in [1.82, 2.24) is 0 Å². The van der Waals surface area contributed by atoms with E-state index in [2.05, 4.69) is 0 Å². The molecule has 0 spiro atoms. The highest BCUT2D eigenvalue weighted by Crippen LogP contribution is 2.43. The van der Waals surface area contributed by atoms with Gasteiger partial charge in [-0.25, -0.2) is 8.78 Å². The summed E-state index contributed by atoms with van der Waals surface area (Å²) in [4.78, 5) is 0. The molecule has 0 aromatic heterocycles. The highest BCUT2D eigenvalue weighted by Gasteiger charge is 2.40. The lowest BCUT2D eigenvalue weighted by Gasteiger charge is -2.09. The van der Waals surface area contributed by atoms with E-state index in [1.54, 1.807) is 0 Å². The molecule has 1 saturated carbocycles. The molecule has 0 unspecified atom stereocenters. The van der Waals surface area contributed by atoms with Crippen LogP contribution in [-0.2, 0) is 5.54 Å². The molecule has 0 atom stereocenters. The maximum Gasteiger partial charge on any atom is 0.187 e. The first-order valence-corrected chi connectivity index (χ1v) is 4.00. The van der Waals surface area contributed by atoms with Crippen molar-refractivity contribution >= 4 is 0 Å². The molecule has 2 nitrogen and oxygen atoms in total. The summed E-state index contributed by atoms with van der Waals surface area (Å²) in [6, 6.07) is 2.18. The van der Waals surface area contributed by atoms with Gasteiger partial charge in [0.25, 0.3) is 0 Å². The van der Waals surface area contributed by atoms with Gasteiger partial charge in [-0.2, -0.15) is 0 Å². The molecule has 3 N–H and O–H groups in total. The van der Waals surface area contributed by atoms with Gasteiger partial charge in [0.15, 0.2) is 17.4 Å². The van der Waals surface area contributed by atoms with Gasteiger partial charge in [0.05, 0.1) is 0 Å². The Morgan fingerprint density at radius 2 is 1.69 bits per heavy atom. The average Bonchev–Trinajstić information content (AvgIpc) is 2.80. The van der Waals surface area contributed by atoms with Crippen molar-refractivity contribution in [2.75, 3.05) is 0 Å². The molecule has 1 aromatic rings. The zero-order valence-electron chi connectivity index (χ0n) is 6.85. The van der Waals surface area contributed by atoms with E-state index in [0.29, 0.717) is 5.56 Å². The van der Waals surface area contributed by atoms with E-state index in [1.165, 1.54) is 0 Å². The van der Waals surface area contributed by atoms with E-state index in [-0.39, 0.29) is 0 Å². The Hall–Kier alpha value is -1.16. The van der Waals surface area contributed by atoms with Gasteiger partial charge in [-0.15, -0.1) is 0 Å². The van der Waals surface area contributed by atoms with Crippen molar-refractivity contribution in [3.63, 3.8) is 0 Å². The number of phenolic OH excluding ortho intramolecular Hbond substituents is 1. The summed E-state index contributed by atoms with van der Waals surface area (Å²) < 4.78 is 25.7.